The number of carbonyl (C=O) groups excluding carboxylic acids is 1. The van der Waals surface area contributed by atoms with Crippen molar-refractivity contribution in [3.63, 3.8) is 0 Å². The summed E-state index contributed by atoms with van der Waals surface area (Å²) in [7, 11) is 2.12. The van der Waals surface area contributed by atoms with Gasteiger partial charge in [-0.05, 0) is 31.7 Å². The van der Waals surface area contributed by atoms with Gasteiger partial charge in [0, 0.05) is 43.5 Å². The van der Waals surface area contributed by atoms with Crippen LogP contribution in [-0.4, -0.2) is 54.0 Å². The molecule has 2 heterocycles. The van der Waals surface area contributed by atoms with Crippen molar-refractivity contribution in [2.45, 2.75) is 6.92 Å². The van der Waals surface area contributed by atoms with Crippen molar-refractivity contribution in [3.8, 4) is 11.4 Å². The van der Waals surface area contributed by atoms with E-state index < -0.39 is 0 Å². The third-order valence-electron chi connectivity index (χ3n) is 5.08. The van der Waals surface area contributed by atoms with Gasteiger partial charge in [-0.15, -0.1) is 0 Å². The summed E-state index contributed by atoms with van der Waals surface area (Å²) in [4.78, 5) is 26.8. The lowest BCUT2D eigenvalue weighted by molar-refractivity contribution is 0.102. The number of carbonyl (C=O) groups is 1. The largest absolute Gasteiger partial charge is 0.354 e. The van der Waals surface area contributed by atoms with E-state index in [1.165, 1.54) is 0 Å². The molecule has 3 aromatic rings. The summed E-state index contributed by atoms with van der Waals surface area (Å²) in [5, 5.41) is 2.96. The van der Waals surface area contributed by atoms with Crippen molar-refractivity contribution < 1.29 is 4.79 Å². The van der Waals surface area contributed by atoms with E-state index in [4.69, 9.17) is 4.98 Å². The number of aromatic nitrogens is 2. The van der Waals surface area contributed by atoms with Gasteiger partial charge >= 0.3 is 0 Å². The molecule has 1 aliphatic rings. The van der Waals surface area contributed by atoms with Gasteiger partial charge in [0.05, 0.1) is 0 Å². The molecule has 0 unspecified atom stereocenters. The molecule has 1 saturated heterocycles. The van der Waals surface area contributed by atoms with E-state index in [9.17, 15) is 4.79 Å². The minimum absolute atomic E-state index is 0.231. The molecule has 2 aromatic carbocycles. The number of anilines is 2. The van der Waals surface area contributed by atoms with Crippen LogP contribution in [0.2, 0.25) is 0 Å². The molecule has 1 aliphatic heterocycles. The molecular weight excluding hydrogens is 362 g/mol. The Labute approximate surface area is 171 Å². The highest BCUT2D eigenvalue weighted by molar-refractivity contribution is 6.03. The fraction of sp³-hybridized carbons (Fsp3) is 0.261. The third kappa shape index (κ3) is 4.60. The first kappa shape index (κ1) is 19.1. The van der Waals surface area contributed by atoms with Crippen LogP contribution in [0.4, 0.5) is 11.5 Å². The standard InChI is InChI=1S/C23H25N5O/c1-17-7-6-10-19(15-17)24-23(29)20-16-21(28-13-11-27(2)12-14-28)26-22(25-20)18-8-4-3-5-9-18/h3-10,15-16H,11-14H2,1-2H3,(H,24,29). The first-order valence-electron chi connectivity index (χ1n) is 9.84. The Hall–Kier alpha value is -3.25. The Morgan fingerprint density at radius 1 is 0.931 bits per heavy atom. The maximum atomic E-state index is 13.0. The van der Waals surface area contributed by atoms with E-state index in [1.54, 1.807) is 6.07 Å². The van der Waals surface area contributed by atoms with E-state index in [2.05, 4.69) is 27.1 Å². The lowest BCUT2D eigenvalue weighted by atomic mass is 10.2. The molecular formula is C23H25N5O. The summed E-state index contributed by atoms with van der Waals surface area (Å²) in [5.41, 5.74) is 3.12. The van der Waals surface area contributed by atoms with Crippen LogP contribution in [0.1, 0.15) is 16.1 Å². The van der Waals surface area contributed by atoms with Gasteiger partial charge in [-0.25, -0.2) is 9.97 Å². The van der Waals surface area contributed by atoms with Gasteiger partial charge in [0.15, 0.2) is 5.82 Å². The van der Waals surface area contributed by atoms with Crippen molar-refractivity contribution in [1.82, 2.24) is 14.9 Å². The highest BCUT2D eigenvalue weighted by Crippen LogP contribution is 2.22. The monoisotopic (exact) mass is 387 g/mol. The zero-order valence-corrected chi connectivity index (χ0v) is 16.8. The maximum Gasteiger partial charge on any atom is 0.274 e. The van der Waals surface area contributed by atoms with Crippen LogP contribution in [0.5, 0.6) is 0 Å². The highest BCUT2D eigenvalue weighted by Gasteiger charge is 2.20. The Balaban J connectivity index is 1.68. The van der Waals surface area contributed by atoms with Crippen LogP contribution < -0.4 is 10.2 Å². The van der Waals surface area contributed by atoms with Gasteiger partial charge in [-0.1, -0.05) is 42.5 Å². The van der Waals surface area contributed by atoms with Gasteiger partial charge in [-0.3, -0.25) is 4.79 Å². The Bertz CT molecular complexity index is 997. The molecule has 1 N–H and O–H groups in total. The predicted octanol–water partition coefficient (Wildman–Crippen LogP) is 3.46. The Morgan fingerprint density at radius 3 is 2.41 bits per heavy atom. The molecule has 0 aliphatic carbocycles. The number of hydrogen-bond acceptors (Lipinski definition) is 5. The second-order valence-electron chi connectivity index (χ2n) is 7.41. The summed E-state index contributed by atoms with van der Waals surface area (Å²) < 4.78 is 0. The smallest absolute Gasteiger partial charge is 0.274 e. The lowest BCUT2D eigenvalue weighted by Crippen LogP contribution is -2.45. The number of hydrogen-bond donors (Lipinski definition) is 1. The Kier molecular flexibility index (Phi) is 5.53. The van der Waals surface area contributed by atoms with Crippen molar-refractivity contribution in [2.75, 3.05) is 43.4 Å². The fourth-order valence-corrected chi connectivity index (χ4v) is 3.38. The number of piperazine rings is 1. The van der Waals surface area contributed by atoms with E-state index in [0.29, 0.717) is 11.5 Å². The summed E-state index contributed by atoms with van der Waals surface area (Å²) in [6, 6.07) is 19.3. The second-order valence-corrected chi connectivity index (χ2v) is 7.41. The lowest BCUT2D eigenvalue weighted by Gasteiger charge is -2.33. The van der Waals surface area contributed by atoms with Crippen LogP contribution in [0.15, 0.2) is 60.7 Å². The van der Waals surface area contributed by atoms with E-state index >= 15 is 0 Å². The minimum atomic E-state index is -0.231. The summed E-state index contributed by atoms with van der Waals surface area (Å²) in [6.45, 7) is 5.69. The number of aryl methyl sites for hydroxylation is 1. The van der Waals surface area contributed by atoms with E-state index in [0.717, 1.165) is 48.8 Å². The normalized spacial score (nSPS) is 14.6. The molecule has 1 fully saturated rings. The van der Waals surface area contributed by atoms with Crippen LogP contribution in [0.25, 0.3) is 11.4 Å². The highest BCUT2D eigenvalue weighted by atomic mass is 16.1. The van der Waals surface area contributed by atoms with E-state index in [-0.39, 0.29) is 5.91 Å². The van der Waals surface area contributed by atoms with E-state index in [1.807, 2.05) is 61.5 Å². The number of nitrogens with zero attached hydrogens (tertiary/aromatic N) is 4. The number of rotatable bonds is 4. The maximum absolute atomic E-state index is 13.0. The molecule has 6 heteroatoms. The van der Waals surface area contributed by atoms with Crippen molar-refractivity contribution in [1.29, 1.82) is 0 Å². The average Bonchev–Trinajstić information content (AvgIpc) is 2.74. The summed E-state index contributed by atoms with van der Waals surface area (Å²) >= 11 is 0. The molecule has 0 atom stereocenters. The molecule has 0 radical (unpaired) electrons. The molecule has 0 bridgehead atoms. The first-order valence-corrected chi connectivity index (χ1v) is 9.84. The number of likely N-dealkylation sites (N-methyl/N-ethyl adjacent to an activating group) is 1. The minimum Gasteiger partial charge on any atom is -0.354 e. The van der Waals surface area contributed by atoms with Crippen molar-refractivity contribution >= 4 is 17.4 Å². The average molecular weight is 387 g/mol. The van der Waals surface area contributed by atoms with Crippen LogP contribution in [0.3, 0.4) is 0 Å². The summed E-state index contributed by atoms with van der Waals surface area (Å²) in [6.07, 6.45) is 0. The van der Waals surface area contributed by atoms with Gasteiger partial charge in [-0.2, -0.15) is 0 Å². The molecule has 1 aromatic heterocycles. The van der Waals surface area contributed by atoms with Crippen LogP contribution in [-0.2, 0) is 0 Å². The molecule has 4 rings (SSSR count). The first-order chi connectivity index (χ1) is 14.1. The quantitative estimate of drug-likeness (QED) is 0.743. The molecule has 29 heavy (non-hydrogen) atoms. The number of benzene rings is 2. The summed E-state index contributed by atoms with van der Waals surface area (Å²) in [5.74, 6) is 1.13. The molecule has 1 amide bonds. The number of amides is 1. The second kappa shape index (κ2) is 8.41. The van der Waals surface area contributed by atoms with Gasteiger partial charge < -0.3 is 15.1 Å². The van der Waals surface area contributed by atoms with Crippen molar-refractivity contribution in [3.05, 3.63) is 71.9 Å². The SMILES string of the molecule is Cc1cccc(NC(=O)c2cc(N3CCN(C)CC3)nc(-c3ccccc3)n2)c1. The van der Waals surface area contributed by atoms with Crippen LogP contribution >= 0.6 is 0 Å². The zero-order chi connectivity index (χ0) is 20.2. The number of nitrogens with one attached hydrogen (secondary N) is 1. The fourth-order valence-electron chi connectivity index (χ4n) is 3.38. The topological polar surface area (TPSA) is 61.4 Å². The van der Waals surface area contributed by atoms with Crippen molar-refractivity contribution in [2.24, 2.45) is 0 Å². The molecule has 0 spiro atoms. The Morgan fingerprint density at radius 2 is 1.69 bits per heavy atom. The van der Waals surface area contributed by atoms with Crippen LogP contribution in [0, 0.1) is 6.92 Å². The van der Waals surface area contributed by atoms with Gasteiger partial charge in [0.2, 0.25) is 0 Å². The molecule has 6 nitrogen and oxygen atoms in total. The third-order valence-corrected chi connectivity index (χ3v) is 5.08. The van der Waals surface area contributed by atoms with Gasteiger partial charge in [0.1, 0.15) is 11.5 Å². The van der Waals surface area contributed by atoms with Gasteiger partial charge in [0.25, 0.3) is 5.91 Å². The molecule has 148 valence electrons. The zero-order valence-electron chi connectivity index (χ0n) is 16.8. The predicted molar refractivity (Wildman–Crippen MR) is 116 cm³/mol. The molecule has 0 saturated carbocycles.